The van der Waals surface area contributed by atoms with Crippen LogP contribution in [-0.4, -0.2) is 21.1 Å². The number of anilines is 1. The normalized spacial score (nSPS) is 12.2. The molecule has 2 aromatic carbocycles. The van der Waals surface area contributed by atoms with Gasteiger partial charge in [0.1, 0.15) is 11.6 Å². The van der Waals surface area contributed by atoms with Crippen LogP contribution in [0.5, 0.6) is 0 Å². The van der Waals surface area contributed by atoms with Crippen LogP contribution in [0.4, 0.5) is 14.5 Å². The van der Waals surface area contributed by atoms with Crippen molar-refractivity contribution in [2.75, 3.05) is 26.0 Å². The smallest absolute Gasteiger partial charge is 0.129 e. The van der Waals surface area contributed by atoms with Crippen LogP contribution in [0.1, 0.15) is 17.2 Å². The van der Waals surface area contributed by atoms with Gasteiger partial charge in [-0.2, -0.15) is 0 Å². The molecule has 1 unspecified atom stereocenters. The summed E-state index contributed by atoms with van der Waals surface area (Å²) < 4.78 is 26.8. The predicted molar refractivity (Wildman–Crippen MR) is 82.6 cm³/mol. The van der Waals surface area contributed by atoms with Crippen molar-refractivity contribution in [1.82, 2.24) is 5.32 Å². The number of nitrogens with one attached hydrogen (secondary N) is 1. The lowest BCUT2D eigenvalue weighted by Gasteiger charge is -2.20. The molecule has 4 heteroatoms. The largest absolute Gasteiger partial charge is 0.378 e. The Balaban J connectivity index is 2.25. The fourth-order valence-electron chi connectivity index (χ4n) is 2.31. The SMILES string of the molecule is CNC(Cc1ccc(F)cc1F)c1cccc(N(C)C)c1. The molecule has 2 rings (SSSR count). The first-order valence-electron chi connectivity index (χ1n) is 6.89. The summed E-state index contributed by atoms with van der Waals surface area (Å²) in [5.74, 6) is -1.05. The first-order valence-corrected chi connectivity index (χ1v) is 6.89. The fraction of sp³-hybridized carbons (Fsp3) is 0.294. The molecule has 0 amide bonds. The monoisotopic (exact) mass is 290 g/mol. The molecule has 112 valence electrons. The summed E-state index contributed by atoms with van der Waals surface area (Å²) >= 11 is 0. The second-order valence-corrected chi connectivity index (χ2v) is 5.27. The molecule has 0 aromatic heterocycles. The Kier molecular flexibility index (Phi) is 4.91. The minimum atomic E-state index is -0.549. The van der Waals surface area contributed by atoms with Crippen LogP contribution >= 0.6 is 0 Å². The Bertz CT molecular complexity index is 611. The molecule has 0 aliphatic rings. The molecule has 0 saturated carbocycles. The third-order valence-corrected chi connectivity index (χ3v) is 3.58. The molecule has 0 spiro atoms. The van der Waals surface area contributed by atoms with Gasteiger partial charge in [0, 0.05) is 31.9 Å². The van der Waals surface area contributed by atoms with Crippen LogP contribution in [0.25, 0.3) is 0 Å². The Morgan fingerprint density at radius 1 is 1.10 bits per heavy atom. The van der Waals surface area contributed by atoms with Crippen LogP contribution < -0.4 is 10.2 Å². The zero-order chi connectivity index (χ0) is 15.4. The van der Waals surface area contributed by atoms with Crippen LogP contribution in [0, 0.1) is 11.6 Å². The van der Waals surface area contributed by atoms with Gasteiger partial charge < -0.3 is 10.2 Å². The van der Waals surface area contributed by atoms with Crippen LogP contribution in [0.2, 0.25) is 0 Å². The van der Waals surface area contributed by atoms with Crippen LogP contribution in [0.15, 0.2) is 42.5 Å². The summed E-state index contributed by atoms with van der Waals surface area (Å²) in [5, 5.41) is 3.20. The molecule has 0 bridgehead atoms. The number of likely N-dealkylation sites (N-methyl/N-ethyl adjacent to an activating group) is 1. The average Bonchev–Trinajstić information content (AvgIpc) is 2.46. The van der Waals surface area contributed by atoms with E-state index in [2.05, 4.69) is 11.4 Å². The summed E-state index contributed by atoms with van der Waals surface area (Å²) in [6.45, 7) is 0. The van der Waals surface area contributed by atoms with E-state index < -0.39 is 11.6 Å². The zero-order valence-electron chi connectivity index (χ0n) is 12.5. The molecular formula is C17H20F2N2. The third-order valence-electron chi connectivity index (χ3n) is 3.58. The molecule has 0 radical (unpaired) electrons. The van der Waals surface area contributed by atoms with E-state index in [1.165, 1.54) is 12.1 Å². The standard InChI is InChI=1S/C17H20F2N2/c1-20-17(10-12-7-8-14(18)11-16(12)19)13-5-4-6-15(9-13)21(2)3/h4-9,11,17,20H,10H2,1-3H3. The van der Waals surface area contributed by atoms with E-state index in [0.717, 1.165) is 17.3 Å². The van der Waals surface area contributed by atoms with Crippen molar-refractivity contribution < 1.29 is 8.78 Å². The molecule has 0 heterocycles. The van der Waals surface area contributed by atoms with Gasteiger partial charge in [0.05, 0.1) is 0 Å². The lowest BCUT2D eigenvalue weighted by molar-refractivity contribution is 0.541. The molecular weight excluding hydrogens is 270 g/mol. The number of nitrogens with zero attached hydrogens (tertiary/aromatic N) is 1. The van der Waals surface area contributed by atoms with E-state index in [-0.39, 0.29) is 6.04 Å². The summed E-state index contributed by atoms with van der Waals surface area (Å²) in [7, 11) is 5.80. The summed E-state index contributed by atoms with van der Waals surface area (Å²) in [4.78, 5) is 2.02. The lowest BCUT2D eigenvalue weighted by Crippen LogP contribution is -2.20. The van der Waals surface area contributed by atoms with Gasteiger partial charge in [-0.15, -0.1) is 0 Å². The highest BCUT2D eigenvalue weighted by molar-refractivity contribution is 5.48. The molecule has 2 aromatic rings. The van der Waals surface area contributed by atoms with Crippen molar-refractivity contribution >= 4 is 5.69 Å². The minimum Gasteiger partial charge on any atom is -0.378 e. The number of rotatable bonds is 5. The van der Waals surface area contributed by atoms with Crippen molar-refractivity contribution in [2.24, 2.45) is 0 Å². The molecule has 1 N–H and O–H groups in total. The maximum Gasteiger partial charge on any atom is 0.129 e. The molecule has 0 aliphatic carbocycles. The number of hydrogen-bond donors (Lipinski definition) is 1. The Morgan fingerprint density at radius 2 is 1.86 bits per heavy atom. The van der Waals surface area contributed by atoms with Gasteiger partial charge in [0.25, 0.3) is 0 Å². The Hall–Kier alpha value is -1.94. The first-order chi connectivity index (χ1) is 10.0. The van der Waals surface area contributed by atoms with E-state index in [0.29, 0.717) is 12.0 Å². The van der Waals surface area contributed by atoms with E-state index in [9.17, 15) is 8.78 Å². The maximum absolute atomic E-state index is 13.8. The van der Waals surface area contributed by atoms with Gasteiger partial charge >= 0.3 is 0 Å². The van der Waals surface area contributed by atoms with Crippen LogP contribution in [-0.2, 0) is 6.42 Å². The van der Waals surface area contributed by atoms with Crippen molar-refractivity contribution in [1.29, 1.82) is 0 Å². The Morgan fingerprint density at radius 3 is 2.48 bits per heavy atom. The minimum absolute atomic E-state index is 0.0233. The number of hydrogen-bond acceptors (Lipinski definition) is 2. The second-order valence-electron chi connectivity index (χ2n) is 5.27. The highest BCUT2D eigenvalue weighted by Gasteiger charge is 2.14. The van der Waals surface area contributed by atoms with Gasteiger partial charge in [0.2, 0.25) is 0 Å². The van der Waals surface area contributed by atoms with Crippen molar-refractivity contribution in [3.05, 3.63) is 65.2 Å². The molecule has 0 fully saturated rings. The van der Waals surface area contributed by atoms with E-state index >= 15 is 0 Å². The zero-order valence-corrected chi connectivity index (χ0v) is 12.5. The third kappa shape index (κ3) is 3.79. The number of halogens is 2. The fourth-order valence-corrected chi connectivity index (χ4v) is 2.31. The summed E-state index contributed by atoms with van der Waals surface area (Å²) in [6.07, 6.45) is 0.472. The first kappa shape index (κ1) is 15.4. The Labute approximate surface area is 124 Å². The predicted octanol–water partition coefficient (Wildman–Crippen LogP) is 3.53. The maximum atomic E-state index is 13.8. The van der Waals surface area contributed by atoms with Crippen molar-refractivity contribution in [2.45, 2.75) is 12.5 Å². The van der Waals surface area contributed by atoms with Crippen molar-refractivity contribution in [3.63, 3.8) is 0 Å². The second kappa shape index (κ2) is 6.68. The quantitative estimate of drug-likeness (QED) is 0.906. The summed E-state index contributed by atoms with van der Waals surface area (Å²) in [6, 6.07) is 11.8. The van der Waals surface area contributed by atoms with Gasteiger partial charge in [-0.3, -0.25) is 0 Å². The molecule has 0 saturated heterocycles. The highest BCUT2D eigenvalue weighted by atomic mass is 19.1. The van der Waals surface area contributed by atoms with E-state index in [1.54, 1.807) is 0 Å². The van der Waals surface area contributed by atoms with Crippen molar-refractivity contribution in [3.8, 4) is 0 Å². The van der Waals surface area contributed by atoms with Gasteiger partial charge in [-0.05, 0) is 42.8 Å². The number of benzene rings is 2. The van der Waals surface area contributed by atoms with E-state index in [4.69, 9.17) is 0 Å². The van der Waals surface area contributed by atoms with Gasteiger partial charge in [0.15, 0.2) is 0 Å². The molecule has 21 heavy (non-hydrogen) atoms. The molecule has 0 aliphatic heterocycles. The van der Waals surface area contributed by atoms with Crippen LogP contribution in [0.3, 0.4) is 0 Å². The molecule has 2 nitrogen and oxygen atoms in total. The van der Waals surface area contributed by atoms with Gasteiger partial charge in [-0.1, -0.05) is 18.2 Å². The topological polar surface area (TPSA) is 15.3 Å². The van der Waals surface area contributed by atoms with Gasteiger partial charge in [-0.25, -0.2) is 8.78 Å². The average molecular weight is 290 g/mol. The molecule has 1 atom stereocenters. The van der Waals surface area contributed by atoms with E-state index in [1.807, 2.05) is 44.2 Å². The lowest BCUT2D eigenvalue weighted by atomic mass is 9.98. The highest BCUT2D eigenvalue weighted by Crippen LogP contribution is 2.23. The summed E-state index contributed by atoms with van der Waals surface area (Å²) in [5.41, 5.74) is 2.67.